The predicted octanol–water partition coefficient (Wildman–Crippen LogP) is 2.70. The molecule has 0 atom stereocenters. The van der Waals surface area contributed by atoms with Gasteiger partial charge >= 0.3 is 0 Å². The molecule has 98 valence electrons. The zero-order valence-electron chi connectivity index (χ0n) is 11.4. The first kappa shape index (κ1) is 12.5. The SMILES string of the molecule is c1ccc(CC[n+]2ccc(-c3cc[nH+]cc3)cc2)cc1. The number of nitrogens with zero attached hydrogens (tertiary/aromatic N) is 1. The summed E-state index contributed by atoms with van der Waals surface area (Å²) in [7, 11) is 0. The second kappa shape index (κ2) is 6.11. The van der Waals surface area contributed by atoms with Gasteiger partial charge in [0.2, 0.25) is 0 Å². The van der Waals surface area contributed by atoms with Crippen LogP contribution in [0.1, 0.15) is 5.56 Å². The van der Waals surface area contributed by atoms with Crippen LogP contribution in [0, 0.1) is 0 Å². The molecule has 0 saturated carbocycles. The molecule has 3 aromatic rings. The molecule has 0 aliphatic heterocycles. The molecule has 1 aromatic carbocycles. The van der Waals surface area contributed by atoms with Crippen LogP contribution in [0.3, 0.4) is 0 Å². The number of aromatic nitrogens is 2. The van der Waals surface area contributed by atoms with Crippen LogP contribution in [0.5, 0.6) is 0 Å². The number of hydrogen-bond donors (Lipinski definition) is 0. The topological polar surface area (TPSA) is 18.0 Å². The minimum Gasteiger partial charge on any atom is -0.218 e. The summed E-state index contributed by atoms with van der Waals surface area (Å²) in [6, 6.07) is 19.1. The average Bonchev–Trinajstić information content (AvgIpc) is 2.55. The van der Waals surface area contributed by atoms with Gasteiger partial charge in [0.1, 0.15) is 0 Å². The molecule has 0 aliphatic rings. The lowest BCUT2D eigenvalue weighted by Gasteiger charge is -2.00. The van der Waals surface area contributed by atoms with Crippen LogP contribution in [0.4, 0.5) is 0 Å². The molecule has 0 radical (unpaired) electrons. The first-order valence-electron chi connectivity index (χ1n) is 6.91. The van der Waals surface area contributed by atoms with Gasteiger partial charge in [-0.15, -0.1) is 0 Å². The molecule has 0 bridgehead atoms. The minimum absolute atomic E-state index is 1.01. The number of pyridine rings is 2. The zero-order chi connectivity index (χ0) is 13.6. The summed E-state index contributed by atoms with van der Waals surface area (Å²) < 4.78 is 2.23. The highest BCUT2D eigenvalue weighted by molar-refractivity contribution is 5.60. The van der Waals surface area contributed by atoms with E-state index < -0.39 is 0 Å². The van der Waals surface area contributed by atoms with Crippen molar-refractivity contribution >= 4 is 0 Å². The summed E-state index contributed by atoms with van der Waals surface area (Å²) >= 11 is 0. The van der Waals surface area contributed by atoms with E-state index in [1.54, 1.807) is 0 Å². The van der Waals surface area contributed by atoms with Crippen LogP contribution in [0.15, 0.2) is 79.4 Å². The lowest BCUT2D eigenvalue weighted by atomic mass is 10.1. The Labute approximate surface area is 119 Å². The monoisotopic (exact) mass is 262 g/mol. The van der Waals surface area contributed by atoms with Crippen molar-refractivity contribution in [2.24, 2.45) is 0 Å². The van der Waals surface area contributed by atoms with Crippen molar-refractivity contribution in [3.63, 3.8) is 0 Å². The highest BCUT2D eigenvalue weighted by atomic mass is 14.9. The van der Waals surface area contributed by atoms with Crippen LogP contribution < -0.4 is 9.55 Å². The molecular weight excluding hydrogens is 244 g/mol. The highest BCUT2D eigenvalue weighted by Gasteiger charge is 2.03. The van der Waals surface area contributed by atoms with Crippen LogP contribution in [-0.2, 0) is 13.0 Å². The third-order valence-corrected chi connectivity index (χ3v) is 3.44. The van der Waals surface area contributed by atoms with E-state index in [0.717, 1.165) is 13.0 Å². The maximum Gasteiger partial charge on any atom is 0.169 e. The fourth-order valence-corrected chi connectivity index (χ4v) is 2.28. The van der Waals surface area contributed by atoms with Gasteiger partial charge in [-0.05, 0) is 16.7 Å². The minimum atomic E-state index is 1.01. The number of rotatable bonds is 4. The molecule has 20 heavy (non-hydrogen) atoms. The molecule has 0 fully saturated rings. The summed E-state index contributed by atoms with van der Waals surface area (Å²) in [6.07, 6.45) is 9.26. The van der Waals surface area contributed by atoms with Gasteiger partial charge in [0.25, 0.3) is 0 Å². The molecule has 0 aliphatic carbocycles. The van der Waals surface area contributed by atoms with Crippen LogP contribution in [-0.4, -0.2) is 0 Å². The van der Waals surface area contributed by atoms with Crippen molar-refractivity contribution in [3.8, 4) is 11.1 Å². The van der Waals surface area contributed by atoms with Gasteiger partial charge in [-0.1, -0.05) is 30.3 Å². The normalized spacial score (nSPS) is 10.4. The Morgan fingerprint density at radius 1 is 0.750 bits per heavy atom. The van der Waals surface area contributed by atoms with Gasteiger partial charge in [-0.25, -0.2) is 9.55 Å². The van der Waals surface area contributed by atoms with Gasteiger partial charge in [-0.2, -0.15) is 0 Å². The van der Waals surface area contributed by atoms with E-state index >= 15 is 0 Å². The predicted molar refractivity (Wildman–Crippen MR) is 78.8 cm³/mol. The van der Waals surface area contributed by atoms with Gasteiger partial charge in [-0.3, -0.25) is 0 Å². The van der Waals surface area contributed by atoms with Gasteiger partial charge in [0, 0.05) is 30.7 Å². The Balaban J connectivity index is 1.68. The Morgan fingerprint density at radius 3 is 2.10 bits per heavy atom. The lowest BCUT2D eigenvalue weighted by molar-refractivity contribution is -0.696. The lowest BCUT2D eigenvalue weighted by Crippen LogP contribution is -2.33. The Morgan fingerprint density at radius 2 is 1.40 bits per heavy atom. The van der Waals surface area contributed by atoms with E-state index in [4.69, 9.17) is 0 Å². The number of H-pyrrole nitrogens is 1. The number of aromatic amines is 1. The third kappa shape index (κ3) is 3.09. The average molecular weight is 262 g/mol. The van der Waals surface area contributed by atoms with Crippen LogP contribution in [0.2, 0.25) is 0 Å². The number of aryl methyl sites for hydroxylation is 2. The first-order chi connectivity index (χ1) is 9.92. The number of nitrogens with one attached hydrogen (secondary N) is 1. The molecular formula is C18H18N2+2. The molecule has 0 saturated heterocycles. The number of hydrogen-bond acceptors (Lipinski definition) is 0. The molecule has 0 unspecified atom stereocenters. The van der Waals surface area contributed by atoms with Crippen molar-refractivity contribution in [3.05, 3.63) is 84.9 Å². The van der Waals surface area contributed by atoms with Crippen molar-refractivity contribution in [2.75, 3.05) is 0 Å². The van der Waals surface area contributed by atoms with E-state index in [9.17, 15) is 0 Å². The quantitative estimate of drug-likeness (QED) is 0.644. The molecule has 0 amide bonds. The summed E-state index contributed by atoms with van der Waals surface area (Å²) in [5, 5.41) is 0. The second-order valence-corrected chi connectivity index (χ2v) is 4.85. The van der Waals surface area contributed by atoms with Gasteiger partial charge < -0.3 is 0 Å². The molecule has 3 rings (SSSR count). The first-order valence-corrected chi connectivity index (χ1v) is 6.91. The maximum absolute atomic E-state index is 3.05. The van der Waals surface area contributed by atoms with Crippen molar-refractivity contribution in [2.45, 2.75) is 13.0 Å². The standard InChI is InChI=1S/C18H17N2/c1-2-4-16(5-3-1)8-13-20-14-9-18(10-15-20)17-6-11-19-12-7-17/h1-7,9-12,14-15H,8,13H2/q+1/p+1. The van der Waals surface area contributed by atoms with Crippen molar-refractivity contribution < 1.29 is 9.55 Å². The molecule has 2 heterocycles. The Hall–Kier alpha value is -2.48. The van der Waals surface area contributed by atoms with Gasteiger partial charge in [0.15, 0.2) is 31.3 Å². The summed E-state index contributed by atoms with van der Waals surface area (Å²) in [6.45, 7) is 1.01. The van der Waals surface area contributed by atoms with Crippen LogP contribution >= 0.6 is 0 Å². The van der Waals surface area contributed by atoms with E-state index in [-0.39, 0.29) is 0 Å². The van der Waals surface area contributed by atoms with Gasteiger partial charge in [0.05, 0.1) is 0 Å². The molecule has 2 nitrogen and oxygen atoms in total. The summed E-state index contributed by atoms with van der Waals surface area (Å²) in [5.41, 5.74) is 3.86. The Bertz CT molecular complexity index is 646. The third-order valence-electron chi connectivity index (χ3n) is 3.44. The summed E-state index contributed by atoms with van der Waals surface area (Å²) in [5.74, 6) is 0. The molecule has 2 heteroatoms. The highest BCUT2D eigenvalue weighted by Crippen LogP contribution is 2.15. The fraction of sp³-hybridized carbons (Fsp3) is 0.111. The zero-order valence-corrected chi connectivity index (χ0v) is 11.4. The molecule has 0 spiro atoms. The smallest absolute Gasteiger partial charge is 0.169 e. The second-order valence-electron chi connectivity index (χ2n) is 4.85. The van der Waals surface area contributed by atoms with Crippen molar-refractivity contribution in [1.82, 2.24) is 0 Å². The largest absolute Gasteiger partial charge is 0.218 e. The fourth-order valence-electron chi connectivity index (χ4n) is 2.28. The maximum atomic E-state index is 3.05. The summed E-state index contributed by atoms with van der Waals surface area (Å²) in [4.78, 5) is 3.05. The number of benzene rings is 1. The van der Waals surface area contributed by atoms with E-state index in [1.165, 1.54) is 16.7 Å². The molecule has 1 N–H and O–H groups in total. The Kier molecular flexibility index (Phi) is 3.83. The van der Waals surface area contributed by atoms with E-state index in [1.807, 2.05) is 12.4 Å². The van der Waals surface area contributed by atoms with Crippen molar-refractivity contribution in [1.29, 1.82) is 0 Å². The van der Waals surface area contributed by atoms with E-state index in [2.05, 4.69) is 76.5 Å². The van der Waals surface area contributed by atoms with E-state index in [0.29, 0.717) is 0 Å². The van der Waals surface area contributed by atoms with Crippen LogP contribution in [0.25, 0.3) is 11.1 Å². The molecule has 2 aromatic heterocycles.